The Kier molecular flexibility index (Phi) is 6.56. The number of fused-ring (bicyclic) bond motifs is 2. The van der Waals surface area contributed by atoms with E-state index in [2.05, 4.69) is 10.2 Å². The average molecular weight is 560 g/mol. The minimum atomic E-state index is -4.42. The number of imide groups is 1. The van der Waals surface area contributed by atoms with Gasteiger partial charge >= 0.3 is 6.18 Å². The van der Waals surface area contributed by atoms with Gasteiger partial charge in [0.1, 0.15) is 5.76 Å². The molecule has 1 fully saturated rings. The van der Waals surface area contributed by atoms with Crippen molar-refractivity contribution < 1.29 is 32.7 Å². The highest BCUT2D eigenvalue weighted by Crippen LogP contribution is 2.49. The third-order valence-corrected chi connectivity index (χ3v) is 8.15. The predicted octanol–water partition coefficient (Wildman–Crippen LogP) is 7.10. The van der Waals surface area contributed by atoms with Gasteiger partial charge in [0, 0.05) is 11.8 Å². The van der Waals surface area contributed by atoms with Crippen LogP contribution < -0.4 is 0 Å². The number of ketones is 1. The van der Waals surface area contributed by atoms with Crippen molar-refractivity contribution in [3.8, 4) is 0 Å². The molecule has 1 heterocycles. The second kappa shape index (κ2) is 10.1. The molecule has 7 nitrogen and oxygen atoms in total. The number of aliphatic hydroxyl groups is 1. The lowest BCUT2D eigenvalue weighted by Crippen LogP contribution is -2.34. The molecule has 0 saturated heterocycles. The summed E-state index contributed by atoms with van der Waals surface area (Å²) in [5.41, 5.74) is 1.17. The molecular weight excluding hydrogens is 535 g/mol. The van der Waals surface area contributed by atoms with Gasteiger partial charge in [0.25, 0.3) is 11.8 Å². The number of hydrogen-bond acceptors (Lipinski definition) is 6. The van der Waals surface area contributed by atoms with Crippen molar-refractivity contribution >= 4 is 23.3 Å². The Hall–Kier alpha value is -4.60. The van der Waals surface area contributed by atoms with Gasteiger partial charge in [-0.1, -0.05) is 66.7 Å². The zero-order valence-electron chi connectivity index (χ0n) is 21.6. The lowest BCUT2D eigenvalue weighted by atomic mass is 9.74. The first-order valence-electron chi connectivity index (χ1n) is 13.2. The van der Waals surface area contributed by atoms with E-state index in [1.165, 1.54) is 18.2 Å². The number of aliphatic hydroxyl groups excluding tert-OH is 1. The van der Waals surface area contributed by atoms with E-state index < -0.39 is 65.4 Å². The number of amides is 2. The number of hydrogen-bond donors (Lipinski definition) is 1. The molecule has 41 heavy (non-hydrogen) atoms. The first-order chi connectivity index (χ1) is 19.7. The van der Waals surface area contributed by atoms with Crippen LogP contribution >= 0.6 is 0 Å². The summed E-state index contributed by atoms with van der Waals surface area (Å²) < 4.78 is 39.9. The third-order valence-electron chi connectivity index (χ3n) is 8.15. The van der Waals surface area contributed by atoms with Crippen molar-refractivity contribution in [3.05, 3.63) is 113 Å². The number of carbonyl (C=O) groups excluding carboxylic acids is 3. The summed E-state index contributed by atoms with van der Waals surface area (Å²) >= 11 is 0. The SMILES string of the molecule is O=C1C(N=Nc2cccc3c2C(=O)N(C(c2ccccc2)c2ccccc2)C3=O)=C(O)C2CC(C(F)(F)F)CCC12. The van der Waals surface area contributed by atoms with Gasteiger partial charge in [-0.15, -0.1) is 10.2 Å². The van der Waals surface area contributed by atoms with E-state index in [4.69, 9.17) is 0 Å². The fraction of sp³-hybridized carbons (Fsp3) is 0.258. The molecule has 6 rings (SSSR count). The van der Waals surface area contributed by atoms with Crippen LogP contribution in [0.3, 0.4) is 0 Å². The van der Waals surface area contributed by atoms with Crippen molar-refractivity contribution in [1.82, 2.24) is 4.90 Å². The van der Waals surface area contributed by atoms with E-state index in [1.54, 1.807) is 0 Å². The molecule has 3 aromatic rings. The molecular formula is C31H24F3N3O4. The number of allylic oxidation sites excluding steroid dienone is 2. The van der Waals surface area contributed by atoms with Crippen LogP contribution in [0.5, 0.6) is 0 Å². The Morgan fingerprint density at radius 3 is 2.02 bits per heavy atom. The first-order valence-corrected chi connectivity index (χ1v) is 13.2. The van der Waals surface area contributed by atoms with Gasteiger partial charge in [-0.3, -0.25) is 19.3 Å². The lowest BCUT2D eigenvalue weighted by Gasteiger charge is -2.31. The monoisotopic (exact) mass is 559 g/mol. The van der Waals surface area contributed by atoms with E-state index >= 15 is 0 Å². The van der Waals surface area contributed by atoms with Crippen LogP contribution in [0.15, 0.2) is 101 Å². The van der Waals surface area contributed by atoms with Crippen molar-refractivity contribution in [3.63, 3.8) is 0 Å². The van der Waals surface area contributed by atoms with Crippen LogP contribution in [0.2, 0.25) is 0 Å². The van der Waals surface area contributed by atoms with Crippen molar-refractivity contribution in [2.24, 2.45) is 28.0 Å². The largest absolute Gasteiger partial charge is 0.510 e. The van der Waals surface area contributed by atoms with Crippen LogP contribution in [0.1, 0.15) is 57.1 Å². The lowest BCUT2D eigenvalue weighted by molar-refractivity contribution is -0.188. The number of nitrogens with zero attached hydrogens (tertiary/aromatic N) is 3. The number of carbonyl (C=O) groups is 3. The molecule has 1 N–H and O–H groups in total. The van der Waals surface area contributed by atoms with Crippen molar-refractivity contribution in [2.45, 2.75) is 31.5 Å². The Labute approximate surface area is 233 Å². The number of azo groups is 1. The molecule has 3 atom stereocenters. The Morgan fingerprint density at radius 2 is 1.41 bits per heavy atom. The summed E-state index contributed by atoms with van der Waals surface area (Å²) in [5.74, 6) is -5.58. The maximum atomic E-state index is 13.8. The minimum Gasteiger partial charge on any atom is -0.510 e. The second-order valence-corrected chi connectivity index (χ2v) is 10.5. The quantitative estimate of drug-likeness (QED) is 0.266. The molecule has 3 aromatic carbocycles. The maximum Gasteiger partial charge on any atom is 0.391 e. The molecule has 0 aromatic heterocycles. The summed E-state index contributed by atoms with van der Waals surface area (Å²) in [5, 5.41) is 18.7. The van der Waals surface area contributed by atoms with Crippen molar-refractivity contribution in [2.75, 3.05) is 0 Å². The predicted molar refractivity (Wildman–Crippen MR) is 141 cm³/mol. The van der Waals surface area contributed by atoms with Gasteiger partial charge in [0.15, 0.2) is 11.5 Å². The second-order valence-electron chi connectivity index (χ2n) is 10.5. The Balaban J connectivity index is 1.34. The fourth-order valence-electron chi connectivity index (χ4n) is 6.13. The standard InChI is InChI=1S/C31H24F3N3O4/c32-31(33,34)19-14-15-20-22(16-19)28(39)25(27(20)38)36-35-23-13-7-12-21-24(23)30(41)37(29(21)40)26(17-8-3-1-4-9-17)18-10-5-2-6-11-18/h1-13,19-20,22,26,39H,14-16H2. The van der Waals surface area contributed by atoms with Crippen LogP contribution in [-0.2, 0) is 4.79 Å². The number of rotatable bonds is 5. The van der Waals surface area contributed by atoms with E-state index in [-0.39, 0.29) is 29.7 Å². The molecule has 0 bridgehead atoms. The van der Waals surface area contributed by atoms with E-state index in [1.807, 2.05) is 60.7 Å². The maximum absolute atomic E-state index is 13.8. The van der Waals surface area contributed by atoms with Crippen LogP contribution in [0.4, 0.5) is 18.9 Å². The first kappa shape index (κ1) is 26.6. The number of halogens is 3. The molecule has 0 radical (unpaired) electrons. The normalized spacial score (nSPS) is 22.7. The molecule has 3 aliphatic rings. The average Bonchev–Trinajstić information content (AvgIpc) is 3.37. The highest BCUT2D eigenvalue weighted by Gasteiger charge is 2.52. The van der Waals surface area contributed by atoms with E-state index in [0.29, 0.717) is 0 Å². The molecule has 1 aliphatic heterocycles. The fourth-order valence-corrected chi connectivity index (χ4v) is 6.13. The summed E-state index contributed by atoms with van der Waals surface area (Å²) in [6, 6.07) is 22.0. The van der Waals surface area contributed by atoms with Crippen LogP contribution in [-0.4, -0.2) is 33.8 Å². The highest BCUT2D eigenvalue weighted by atomic mass is 19.4. The van der Waals surface area contributed by atoms with E-state index in [9.17, 15) is 32.7 Å². The summed E-state index contributed by atoms with van der Waals surface area (Å²) in [7, 11) is 0. The van der Waals surface area contributed by atoms with Gasteiger partial charge < -0.3 is 5.11 Å². The zero-order chi connectivity index (χ0) is 28.9. The Morgan fingerprint density at radius 1 is 0.780 bits per heavy atom. The molecule has 1 saturated carbocycles. The highest BCUT2D eigenvalue weighted by molar-refractivity contribution is 6.23. The summed E-state index contributed by atoms with van der Waals surface area (Å²) in [6.07, 6.45) is -5.02. The van der Waals surface area contributed by atoms with Crippen LogP contribution in [0, 0.1) is 17.8 Å². The van der Waals surface area contributed by atoms with E-state index in [0.717, 1.165) is 16.0 Å². The van der Waals surface area contributed by atoms with Gasteiger partial charge in [0.05, 0.1) is 28.8 Å². The third kappa shape index (κ3) is 4.53. The Bertz CT molecular complexity index is 1560. The smallest absolute Gasteiger partial charge is 0.391 e. The summed E-state index contributed by atoms with van der Waals surface area (Å²) in [6.45, 7) is 0. The molecule has 2 amide bonds. The molecule has 0 spiro atoms. The number of alkyl halides is 3. The van der Waals surface area contributed by atoms with Gasteiger partial charge in [-0.25, -0.2) is 0 Å². The number of benzene rings is 3. The van der Waals surface area contributed by atoms with Crippen LogP contribution in [0.25, 0.3) is 0 Å². The summed E-state index contributed by atoms with van der Waals surface area (Å²) in [4.78, 5) is 41.6. The van der Waals surface area contributed by atoms with Crippen molar-refractivity contribution in [1.29, 1.82) is 0 Å². The van der Waals surface area contributed by atoms with Gasteiger partial charge in [0.2, 0.25) is 0 Å². The number of Topliss-reactive ketones (excluding diaryl/α,β-unsaturated/α-hetero) is 1. The van der Waals surface area contributed by atoms with Gasteiger partial charge in [-0.2, -0.15) is 13.2 Å². The molecule has 10 heteroatoms. The molecule has 3 unspecified atom stereocenters. The topological polar surface area (TPSA) is 99.4 Å². The molecule has 208 valence electrons. The van der Waals surface area contributed by atoms with Gasteiger partial charge in [-0.05, 0) is 42.5 Å². The zero-order valence-corrected chi connectivity index (χ0v) is 21.6. The minimum absolute atomic E-state index is 0.00167. The molecule has 2 aliphatic carbocycles.